The Morgan fingerprint density at radius 2 is 2.00 bits per heavy atom. The monoisotopic (exact) mass is 392 g/mol. The molecular formula is C20H25ClN2O4. The minimum absolute atomic E-state index is 0.0350. The molecule has 1 aliphatic carbocycles. The lowest BCUT2D eigenvalue weighted by Gasteiger charge is -2.38. The maximum atomic E-state index is 13.2. The fourth-order valence-electron chi connectivity index (χ4n) is 4.26. The number of ether oxygens (including phenoxy) is 2. The van der Waals surface area contributed by atoms with Crippen molar-refractivity contribution in [3.63, 3.8) is 0 Å². The van der Waals surface area contributed by atoms with Crippen LogP contribution in [0.2, 0.25) is 5.02 Å². The zero-order chi connectivity index (χ0) is 18.9. The molecule has 1 saturated carbocycles. The third kappa shape index (κ3) is 4.06. The van der Waals surface area contributed by atoms with Gasteiger partial charge in [0.05, 0.1) is 25.3 Å². The van der Waals surface area contributed by atoms with Crippen LogP contribution in [0.5, 0.6) is 5.75 Å². The van der Waals surface area contributed by atoms with Crippen LogP contribution >= 0.6 is 11.6 Å². The van der Waals surface area contributed by atoms with Gasteiger partial charge in [0, 0.05) is 23.9 Å². The molecule has 4 rings (SSSR count). The van der Waals surface area contributed by atoms with Crippen LogP contribution in [0, 0.1) is 0 Å². The highest BCUT2D eigenvalue weighted by Crippen LogP contribution is 2.36. The Bertz CT molecular complexity index is 727. The molecule has 2 fully saturated rings. The second-order valence-corrected chi connectivity index (χ2v) is 8.18. The van der Waals surface area contributed by atoms with E-state index >= 15 is 0 Å². The molecule has 1 spiro atoms. The van der Waals surface area contributed by atoms with E-state index in [1.165, 1.54) is 0 Å². The number of nitrogens with one attached hydrogen (secondary N) is 1. The summed E-state index contributed by atoms with van der Waals surface area (Å²) >= 11 is 6.11. The average Bonchev–Trinajstić information content (AvgIpc) is 3.12. The summed E-state index contributed by atoms with van der Waals surface area (Å²) in [5, 5.41) is 3.55. The number of benzene rings is 1. The van der Waals surface area contributed by atoms with Gasteiger partial charge in [-0.25, -0.2) is 0 Å². The Balaban J connectivity index is 1.58. The molecule has 3 aliphatic rings. The Hall–Kier alpha value is -1.79. The van der Waals surface area contributed by atoms with Gasteiger partial charge in [0.15, 0.2) is 0 Å². The molecule has 1 aromatic rings. The lowest BCUT2D eigenvalue weighted by Crippen LogP contribution is -2.53. The van der Waals surface area contributed by atoms with Crippen molar-refractivity contribution in [1.29, 1.82) is 0 Å². The smallest absolute Gasteiger partial charge is 0.258 e. The van der Waals surface area contributed by atoms with Gasteiger partial charge in [0.2, 0.25) is 5.91 Å². The highest BCUT2D eigenvalue weighted by atomic mass is 35.5. The van der Waals surface area contributed by atoms with Crippen molar-refractivity contribution in [3.05, 3.63) is 28.8 Å². The van der Waals surface area contributed by atoms with Crippen molar-refractivity contribution in [2.24, 2.45) is 0 Å². The summed E-state index contributed by atoms with van der Waals surface area (Å²) in [5.41, 5.74) is -0.111. The molecule has 27 heavy (non-hydrogen) atoms. The molecular weight excluding hydrogens is 368 g/mol. The fraction of sp³-hybridized carbons (Fsp3) is 0.600. The Kier molecular flexibility index (Phi) is 5.28. The predicted molar refractivity (Wildman–Crippen MR) is 101 cm³/mol. The van der Waals surface area contributed by atoms with E-state index < -0.39 is 5.60 Å². The minimum atomic E-state index is -0.527. The summed E-state index contributed by atoms with van der Waals surface area (Å²) in [6.07, 6.45) is 5.70. The molecule has 1 N–H and O–H groups in total. The van der Waals surface area contributed by atoms with Gasteiger partial charge >= 0.3 is 0 Å². The molecule has 7 heteroatoms. The first-order valence-corrected chi connectivity index (χ1v) is 10.1. The van der Waals surface area contributed by atoms with Crippen LogP contribution in [0.3, 0.4) is 0 Å². The first-order valence-electron chi connectivity index (χ1n) is 9.70. The first-order chi connectivity index (χ1) is 13.0. The van der Waals surface area contributed by atoms with E-state index in [0.717, 1.165) is 25.7 Å². The lowest BCUT2D eigenvalue weighted by molar-refractivity contribution is -0.123. The second-order valence-electron chi connectivity index (χ2n) is 7.75. The van der Waals surface area contributed by atoms with Crippen molar-refractivity contribution >= 4 is 23.4 Å². The molecule has 0 unspecified atom stereocenters. The van der Waals surface area contributed by atoms with Crippen molar-refractivity contribution < 1.29 is 19.1 Å². The van der Waals surface area contributed by atoms with Gasteiger partial charge in [-0.2, -0.15) is 0 Å². The van der Waals surface area contributed by atoms with Crippen LogP contribution in [0.1, 0.15) is 48.9 Å². The van der Waals surface area contributed by atoms with Gasteiger partial charge in [-0.1, -0.05) is 24.4 Å². The predicted octanol–water partition coefficient (Wildman–Crippen LogP) is 2.78. The van der Waals surface area contributed by atoms with E-state index in [4.69, 9.17) is 21.1 Å². The minimum Gasteiger partial charge on any atom is -0.484 e. The molecule has 2 amide bonds. The standard InChI is InChI=1S/C20H25ClN2O4/c21-14-5-6-17-16(11-14)19(25)23(12-18(24)22-15-3-1-2-4-15)13-20(27-17)7-9-26-10-8-20/h5-6,11,15H,1-4,7-10,12-13H2,(H,22,24). The van der Waals surface area contributed by atoms with Crippen LogP contribution in [0.25, 0.3) is 0 Å². The normalized spacial score (nSPS) is 22.3. The van der Waals surface area contributed by atoms with Crippen LogP contribution < -0.4 is 10.1 Å². The number of carbonyl (C=O) groups is 2. The number of nitrogens with zero attached hydrogens (tertiary/aromatic N) is 1. The molecule has 6 nitrogen and oxygen atoms in total. The summed E-state index contributed by atoms with van der Waals surface area (Å²) in [6, 6.07) is 5.33. The van der Waals surface area contributed by atoms with Crippen molar-refractivity contribution in [1.82, 2.24) is 10.2 Å². The summed E-state index contributed by atoms with van der Waals surface area (Å²) < 4.78 is 11.8. The van der Waals surface area contributed by atoms with E-state index in [-0.39, 0.29) is 24.4 Å². The summed E-state index contributed by atoms with van der Waals surface area (Å²) in [4.78, 5) is 27.4. The third-order valence-electron chi connectivity index (χ3n) is 5.72. The average molecular weight is 393 g/mol. The van der Waals surface area contributed by atoms with Gasteiger partial charge in [-0.15, -0.1) is 0 Å². The molecule has 0 atom stereocenters. The van der Waals surface area contributed by atoms with Crippen LogP contribution in [0.15, 0.2) is 18.2 Å². The Labute approximate surface area is 164 Å². The molecule has 0 bridgehead atoms. The highest BCUT2D eigenvalue weighted by molar-refractivity contribution is 6.31. The SMILES string of the molecule is O=C(CN1CC2(CCOCC2)Oc2ccc(Cl)cc2C1=O)NC1CCCC1. The Morgan fingerprint density at radius 1 is 1.26 bits per heavy atom. The quantitative estimate of drug-likeness (QED) is 0.858. The zero-order valence-corrected chi connectivity index (χ0v) is 16.1. The number of rotatable bonds is 3. The number of hydrogen-bond acceptors (Lipinski definition) is 4. The first kappa shape index (κ1) is 18.6. The maximum absolute atomic E-state index is 13.2. The van der Waals surface area contributed by atoms with E-state index in [1.807, 2.05) is 0 Å². The molecule has 0 radical (unpaired) electrons. The van der Waals surface area contributed by atoms with Gasteiger partial charge in [0.25, 0.3) is 5.91 Å². The van der Waals surface area contributed by atoms with E-state index in [0.29, 0.717) is 48.9 Å². The summed E-state index contributed by atoms with van der Waals surface area (Å²) in [7, 11) is 0. The van der Waals surface area contributed by atoms with Crippen molar-refractivity contribution in [2.45, 2.75) is 50.2 Å². The number of amides is 2. The Morgan fingerprint density at radius 3 is 2.74 bits per heavy atom. The molecule has 0 aromatic heterocycles. The summed E-state index contributed by atoms with van der Waals surface area (Å²) in [6.45, 7) is 1.57. The number of carbonyl (C=O) groups excluding carboxylic acids is 2. The van der Waals surface area contributed by atoms with Gasteiger partial charge in [-0.3, -0.25) is 9.59 Å². The molecule has 1 aromatic carbocycles. The van der Waals surface area contributed by atoms with Gasteiger partial charge in [-0.05, 0) is 31.0 Å². The molecule has 146 valence electrons. The fourth-order valence-corrected chi connectivity index (χ4v) is 4.43. The van der Waals surface area contributed by atoms with Crippen LogP contribution in [-0.2, 0) is 9.53 Å². The number of halogens is 1. The second kappa shape index (κ2) is 7.68. The van der Waals surface area contributed by atoms with E-state index in [1.54, 1.807) is 23.1 Å². The van der Waals surface area contributed by atoms with Crippen LogP contribution in [-0.4, -0.2) is 54.7 Å². The number of hydrogen-bond donors (Lipinski definition) is 1. The van der Waals surface area contributed by atoms with E-state index in [2.05, 4.69) is 5.32 Å². The molecule has 2 aliphatic heterocycles. The van der Waals surface area contributed by atoms with Gasteiger partial charge in [0.1, 0.15) is 17.9 Å². The highest BCUT2D eigenvalue weighted by Gasteiger charge is 2.42. The lowest BCUT2D eigenvalue weighted by atomic mass is 9.93. The van der Waals surface area contributed by atoms with Gasteiger partial charge < -0.3 is 19.7 Å². The van der Waals surface area contributed by atoms with Crippen LogP contribution in [0.4, 0.5) is 0 Å². The summed E-state index contributed by atoms with van der Waals surface area (Å²) in [5.74, 6) is 0.213. The number of fused-ring (bicyclic) bond motifs is 1. The third-order valence-corrected chi connectivity index (χ3v) is 5.96. The zero-order valence-electron chi connectivity index (χ0n) is 15.3. The van der Waals surface area contributed by atoms with Crippen molar-refractivity contribution in [2.75, 3.05) is 26.3 Å². The maximum Gasteiger partial charge on any atom is 0.258 e. The molecule has 2 heterocycles. The van der Waals surface area contributed by atoms with E-state index in [9.17, 15) is 9.59 Å². The molecule has 1 saturated heterocycles. The largest absolute Gasteiger partial charge is 0.484 e. The topological polar surface area (TPSA) is 67.9 Å². The van der Waals surface area contributed by atoms with Crippen molar-refractivity contribution in [3.8, 4) is 5.75 Å².